The molecule has 1 aliphatic rings. The van der Waals surface area contributed by atoms with Gasteiger partial charge in [0.1, 0.15) is 5.75 Å². The third-order valence-electron chi connectivity index (χ3n) is 3.06. The summed E-state index contributed by atoms with van der Waals surface area (Å²) < 4.78 is 5.04. The van der Waals surface area contributed by atoms with Crippen LogP contribution in [0.4, 0.5) is 0 Å². The Balaban J connectivity index is 2.49. The van der Waals surface area contributed by atoms with Gasteiger partial charge in [-0.3, -0.25) is 0 Å². The molecule has 4 nitrogen and oxygen atoms in total. The number of aliphatic hydroxyl groups excluding tert-OH is 1. The highest BCUT2D eigenvalue weighted by molar-refractivity contribution is 9.10. The Morgan fingerprint density at radius 2 is 2.24 bits per heavy atom. The summed E-state index contributed by atoms with van der Waals surface area (Å²) in [6.45, 7) is 0. The van der Waals surface area contributed by atoms with Crippen LogP contribution in [0.15, 0.2) is 10.5 Å². The first-order valence-electron chi connectivity index (χ1n) is 5.35. The van der Waals surface area contributed by atoms with Crippen LogP contribution in [0.3, 0.4) is 0 Å². The van der Waals surface area contributed by atoms with Crippen molar-refractivity contribution in [2.75, 3.05) is 7.11 Å². The highest BCUT2D eigenvalue weighted by Crippen LogP contribution is 2.40. The Bertz CT molecular complexity index is 470. The van der Waals surface area contributed by atoms with Gasteiger partial charge in [0.15, 0.2) is 6.10 Å². The zero-order valence-electron chi connectivity index (χ0n) is 9.36. The van der Waals surface area contributed by atoms with Gasteiger partial charge in [-0.05, 0) is 52.4 Å². The van der Waals surface area contributed by atoms with E-state index >= 15 is 0 Å². The fraction of sp³-hybridized carbons (Fsp3) is 0.417. The van der Waals surface area contributed by atoms with Gasteiger partial charge in [0.05, 0.1) is 11.6 Å². The standard InChI is InChI=1S/C12H13BrO4/c1-17-12(16)11(15)8-5-6-3-2-4-7(6)9(13)10(8)14/h5,11,14-15H,2-4H2,1H3. The van der Waals surface area contributed by atoms with Gasteiger partial charge in [0, 0.05) is 5.56 Å². The lowest BCUT2D eigenvalue weighted by Gasteiger charge is -2.14. The summed E-state index contributed by atoms with van der Waals surface area (Å²) in [4.78, 5) is 11.3. The third-order valence-corrected chi connectivity index (χ3v) is 3.91. The molecule has 0 radical (unpaired) electrons. The van der Waals surface area contributed by atoms with Crippen molar-refractivity contribution in [1.82, 2.24) is 0 Å². The van der Waals surface area contributed by atoms with Crippen LogP contribution in [-0.4, -0.2) is 23.3 Å². The van der Waals surface area contributed by atoms with E-state index in [2.05, 4.69) is 20.7 Å². The number of esters is 1. The molecule has 0 heterocycles. The Morgan fingerprint density at radius 1 is 1.53 bits per heavy atom. The fourth-order valence-corrected chi connectivity index (χ4v) is 2.83. The molecule has 17 heavy (non-hydrogen) atoms. The van der Waals surface area contributed by atoms with E-state index in [1.807, 2.05) is 0 Å². The predicted octanol–water partition coefficient (Wildman–Crippen LogP) is 1.85. The van der Waals surface area contributed by atoms with Crippen LogP contribution in [-0.2, 0) is 22.4 Å². The number of phenolic OH excluding ortho intramolecular Hbond substituents is 1. The van der Waals surface area contributed by atoms with Crippen molar-refractivity contribution in [3.63, 3.8) is 0 Å². The number of fused-ring (bicyclic) bond motifs is 1. The molecule has 0 bridgehead atoms. The number of benzene rings is 1. The Morgan fingerprint density at radius 3 is 2.88 bits per heavy atom. The molecule has 1 aliphatic carbocycles. The summed E-state index contributed by atoms with van der Waals surface area (Å²) in [7, 11) is 1.20. The number of aliphatic hydroxyl groups is 1. The van der Waals surface area contributed by atoms with Gasteiger partial charge in [-0.25, -0.2) is 4.79 Å². The summed E-state index contributed by atoms with van der Waals surface area (Å²) in [5, 5.41) is 19.7. The van der Waals surface area contributed by atoms with Gasteiger partial charge in [0.2, 0.25) is 0 Å². The molecule has 1 aromatic carbocycles. The second-order valence-electron chi connectivity index (χ2n) is 4.05. The molecule has 0 saturated heterocycles. The number of aromatic hydroxyl groups is 1. The van der Waals surface area contributed by atoms with Crippen LogP contribution in [0.2, 0.25) is 0 Å². The average Bonchev–Trinajstić information content (AvgIpc) is 2.80. The molecule has 0 aromatic heterocycles. The van der Waals surface area contributed by atoms with Gasteiger partial charge >= 0.3 is 5.97 Å². The van der Waals surface area contributed by atoms with Crippen LogP contribution in [0.25, 0.3) is 0 Å². The lowest BCUT2D eigenvalue weighted by molar-refractivity contribution is -0.150. The number of halogens is 1. The van der Waals surface area contributed by atoms with Gasteiger partial charge < -0.3 is 14.9 Å². The van der Waals surface area contributed by atoms with Crippen molar-refractivity contribution in [3.05, 3.63) is 27.2 Å². The van der Waals surface area contributed by atoms with Crippen molar-refractivity contribution in [3.8, 4) is 5.75 Å². The third kappa shape index (κ3) is 2.05. The van der Waals surface area contributed by atoms with E-state index < -0.39 is 12.1 Å². The lowest BCUT2D eigenvalue weighted by atomic mass is 10.0. The molecule has 1 unspecified atom stereocenters. The van der Waals surface area contributed by atoms with E-state index in [9.17, 15) is 15.0 Å². The molecule has 0 amide bonds. The van der Waals surface area contributed by atoms with Crippen molar-refractivity contribution in [2.24, 2.45) is 0 Å². The highest BCUT2D eigenvalue weighted by atomic mass is 79.9. The fourth-order valence-electron chi connectivity index (χ4n) is 2.15. The van der Waals surface area contributed by atoms with Gasteiger partial charge in [0.25, 0.3) is 0 Å². The highest BCUT2D eigenvalue weighted by Gasteiger charge is 2.27. The molecule has 2 N–H and O–H groups in total. The second-order valence-corrected chi connectivity index (χ2v) is 4.84. The van der Waals surface area contributed by atoms with E-state index in [-0.39, 0.29) is 11.3 Å². The number of aryl methyl sites for hydroxylation is 1. The van der Waals surface area contributed by atoms with Crippen molar-refractivity contribution >= 4 is 21.9 Å². The Kier molecular flexibility index (Phi) is 3.40. The molecule has 0 aliphatic heterocycles. The van der Waals surface area contributed by atoms with Crippen LogP contribution < -0.4 is 0 Å². The van der Waals surface area contributed by atoms with E-state index in [1.165, 1.54) is 7.11 Å². The molecule has 1 atom stereocenters. The molecule has 2 rings (SSSR count). The number of phenols is 1. The van der Waals surface area contributed by atoms with Gasteiger partial charge in [-0.2, -0.15) is 0 Å². The minimum absolute atomic E-state index is 0.0800. The molecular formula is C12H13BrO4. The van der Waals surface area contributed by atoms with Crippen molar-refractivity contribution in [2.45, 2.75) is 25.4 Å². The summed E-state index contributed by atoms with van der Waals surface area (Å²) in [5.41, 5.74) is 2.32. The number of ether oxygens (including phenoxy) is 1. The monoisotopic (exact) mass is 300 g/mol. The number of carbonyl (C=O) groups is 1. The topological polar surface area (TPSA) is 66.8 Å². The quantitative estimate of drug-likeness (QED) is 0.818. The minimum atomic E-state index is -1.44. The van der Waals surface area contributed by atoms with E-state index in [4.69, 9.17) is 0 Å². The maximum absolute atomic E-state index is 11.3. The Labute approximate surface area is 107 Å². The molecular weight excluding hydrogens is 288 g/mol. The first kappa shape index (κ1) is 12.4. The molecule has 0 fully saturated rings. The largest absolute Gasteiger partial charge is 0.506 e. The summed E-state index contributed by atoms with van der Waals surface area (Å²) in [5.74, 6) is -0.853. The normalized spacial score (nSPS) is 15.5. The van der Waals surface area contributed by atoms with Crippen LogP contribution >= 0.6 is 15.9 Å². The van der Waals surface area contributed by atoms with E-state index in [0.717, 1.165) is 30.4 Å². The lowest BCUT2D eigenvalue weighted by Crippen LogP contribution is -2.14. The first-order valence-corrected chi connectivity index (χ1v) is 6.14. The predicted molar refractivity (Wildman–Crippen MR) is 64.8 cm³/mol. The molecule has 0 spiro atoms. The number of rotatable bonds is 2. The SMILES string of the molecule is COC(=O)C(O)c1cc2c(c(Br)c1O)CCC2. The van der Waals surface area contributed by atoms with Crippen molar-refractivity contribution in [1.29, 1.82) is 0 Å². The molecule has 1 aromatic rings. The minimum Gasteiger partial charge on any atom is -0.506 e. The van der Waals surface area contributed by atoms with Gasteiger partial charge in [-0.15, -0.1) is 0 Å². The number of hydrogen-bond acceptors (Lipinski definition) is 4. The van der Waals surface area contributed by atoms with Crippen LogP contribution in [0, 0.1) is 0 Å². The first-order chi connectivity index (χ1) is 8.06. The molecule has 5 heteroatoms. The van der Waals surface area contributed by atoms with Gasteiger partial charge in [-0.1, -0.05) is 0 Å². The number of hydrogen-bond donors (Lipinski definition) is 2. The summed E-state index contributed by atoms with van der Waals surface area (Å²) in [6.07, 6.45) is 1.38. The zero-order chi connectivity index (χ0) is 12.6. The van der Waals surface area contributed by atoms with E-state index in [0.29, 0.717) is 4.47 Å². The van der Waals surface area contributed by atoms with Crippen molar-refractivity contribution < 1.29 is 19.7 Å². The molecule has 92 valence electrons. The maximum atomic E-state index is 11.3. The number of methoxy groups -OCH3 is 1. The zero-order valence-corrected chi connectivity index (χ0v) is 11.0. The Hall–Kier alpha value is -1.07. The summed E-state index contributed by atoms with van der Waals surface area (Å²) in [6, 6.07) is 1.68. The van der Waals surface area contributed by atoms with E-state index in [1.54, 1.807) is 6.07 Å². The second kappa shape index (κ2) is 4.66. The molecule has 0 saturated carbocycles. The van der Waals surface area contributed by atoms with Crippen LogP contribution in [0.1, 0.15) is 29.2 Å². The average molecular weight is 301 g/mol. The maximum Gasteiger partial charge on any atom is 0.339 e. The summed E-state index contributed by atoms with van der Waals surface area (Å²) >= 11 is 3.31. The smallest absolute Gasteiger partial charge is 0.339 e. The van der Waals surface area contributed by atoms with Crippen LogP contribution in [0.5, 0.6) is 5.75 Å². The number of carbonyl (C=O) groups excluding carboxylic acids is 1.